The van der Waals surface area contributed by atoms with Gasteiger partial charge in [-0.3, -0.25) is 4.90 Å². The maximum atomic E-state index is 12.5. The Kier molecular flexibility index (Phi) is 4.09. The number of hydrogen-bond donors (Lipinski definition) is 2. The molecule has 0 saturated carbocycles. The largest absolute Gasteiger partial charge is 0.390 e. The standard InChI is InChI=1S/C14H23N3O3S/c1-16-9-12(8-11(16)10-18)21(19,20)15-13-5-7-17-6-3-2-4-14(13)17/h8-9,13-15,18H,2-7,10H2,1H3. The Bertz CT molecular complexity index is 611. The van der Waals surface area contributed by atoms with Crippen LogP contribution in [0.4, 0.5) is 0 Å². The molecule has 3 heterocycles. The highest BCUT2D eigenvalue weighted by Crippen LogP contribution is 2.28. The van der Waals surface area contributed by atoms with Crippen molar-refractivity contribution in [2.45, 2.75) is 49.3 Å². The maximum Gasteiger partial charge on any atom is 0.242 e. The minimum atomic E-state index is -3.51. The van der Waals surface area contributed by atoms with Crippen LogP contribution in [-0.2, 0) is 23.7 Å². The molecule has 2 aliphatic rings. The van der Waals surface area contributed by atoms with Crippen molar-refractivity contribution in [3.05, 3.63) is 18.0 Å². The van der Waals surface area contributed by atoms with Crippen molar-refractivity contribution in [2.24, 2.45) is 7.05 Å². The first-order valence-electron chi connectivity index (χ1n) is 7.54. The van der Waals surface area contributed by atoms with E-state index in [1.807, 2.05) is 0 Å². The summed E-state index contributed by atoms with van der Waals surface area (Å²) in [5, 5.41) is 9.19. The number of aliphatic hydroxyl groups excluding tert-OH is 1. The van der Waals surface area contributed by atoms with Crippen LogP contribution in [0.5, 0.6) is 0 Å². The molecule has 2 saturated heterocycles. The van der Waals surface area contributed by atoms with E-state index in [1.165, 1.54) is 18.9 Å². The molecule has 0 aromatic carbocycles. The molecule has 2 fully saturated rings. The van der Waals surface area contributed by atoms with Gasteiger partial charge in [-0.2, -0.15) is 0 Å². The van der Waals surface area contributed by atoms with Crippen molar-refractivity contribution in [3.63, 3.8) is 0 Å². The van der Waals surface area contributed by atoms with Crippen molar-refractivity contribution in [1.29, 1.82) is 0 Å². The average Bonchev–Trinajstić information content (AvgIpc) is 3.03. The second kappa shape index (κ2) is 5.72. The van der Waals surface area contributed by atoms with Gasteiger partial charge >= 0.3 is 0 Å². The lowest BCUT2D eigenvalue weighted by Gasteiger charge is -2.32. The van der Waals surface area contributed by atoms with Crippen molar-refractivity contribution >= 4 is 10.0 Å². The smallest absolute Gasteiger partial charge is 0.242 e. The topological polar surface area (TPSA) is 74.6 Å². The fourth-order valence-electron chi connectivity index (χ4n) is 3.53. The van der Waals surface area contributed by atoms with Gasteiger partial charge in [-0.05, 0) is 31.9 Å². The predicted octanol–water partition coefficient (Wildman–Crippen LogP) is 0.422. The third-order valence-corrected chi connectivity index (χ3v) is 6.17. The van der Waals surface area contributed by atoms with Crippen LogP contribution in [0.3, 0.4) is 0 Å². The number of fused-ring (bicyclic) bond motifs is 1. The van der Waals surface area contributed by atoms with E-state index in [-0.39, 0.29) is 17.5 Å². The zero-order valence-electron chi connectivity index (χ0n) is 12.3. The SMILES string of the molecule is Cn1cc(S(=O)(=O)NC2CCN3CCCCC23)cc1CO. The summed E-state index contributed by atoms with van der Waals surface area (Å²) in [5.74, 6) is 0. The van der Waals surface area contributed by atoms with Crippen molar-refractivity contribution in [1.82, 2.24) is 14.2 Å². The number of sulfonamides is 1. The molecule has 1 aromatic rings. The summed E-state index contributed by atoms with van der Waals surface area (Å²) >= 11 is 0. The van der Waals surface area contributed by atoms with Crippen LogP contribution >= 0.6 is 0 Å². The lowest BCUT2D eigenvalue weighted by molar-refractivity contribution is 0.186. The van der Waals surface area contributed by atoms with Gasteiger partial charge in [0, 0.05) is 37.6 Å². The van der Waals surface area contributed by atoms with Gasteiger partial charge in [0.25, 0.3) is 0 Å². The lowest BCUT2D eigenvalue weighted by atomic mass is 10.00. The summed E-state index contributed by atoms with van der Waals surface area (Å²) in [6, 6.07) is 1.89. The number of aliphatic hydroxyl groups is 1. The molecule has 0 aliphatic carbocycles. The lowest BCUT2D eigenvalue weighted by Crippen LogP contribution is -2.46. The van der Waals surface area contributed by atoms with Crippen molar-refractivity contribution < 1.29 is 13.5 Å². The van der Waals surface area contributed by atoms with E-state index in [2.05, 4.69) is 9.62 Å². The van der Waals surface area contributed by atoms with E-state index in [1.54, 1.807) is 17.8 Å². The second-order valence-corrected chi connectivity index (χ2v) is 7.77. The van der Waals surface area contributed by atoms with Gasteiger partial charge < -0.3 is 9.67 Å². The summed E-state index contributed by atoms with van der Waals surface area (Å²) in [5.41, 5.74) is 0.598. The number of hydrogen-bond acceptors (Lipinski definition) is 4. The first-order chi connectivity index (χ1) is 10.0. The van der Waals surface area contributed by atoms with Crippen LogP contribution in [0.2, 0.25) is 0 Å². The molecule has 6 nitrogen and oxygen atoms in total. The Balaban J connectivity index is 1.76. The summed E-state index contributed by atoms with van der Waals surface area (Å²) in [4.78, 5) is 2.64. The zero-order valence-corrected chi connectivity index (χ0v) is 13.1. The molecule has 0 spiro atoms. The van der Waals surface area contributed by atoms with Gasteiger partial charge in [0.05, 0.1) is 11.5 Å². The van der Waals surface area contributed by atoms with E-state index in [0.717, 1.165) is 25.9 Å². The Hall–Kier alpha value is -0.890. The number of nitrogens with one attached hydrogen (secondary N) is 1. The first-order valence-corrected chi connectivity index (χ1v) is 9.02. The molecule has 3 rings (SSSR count). The van der Waals surface area contributed by atoms with Crippen LogP contribution < -0.4 is 4.72 Å². The molecule has 0 bridgehead atoms. The van der Waals surface area contributed by atoms with Crippen molar-refractivity contribution in [2.75, 3.05) is 13.1 Å². The van der Waals surface area contributed by atoms with E-state index >= 15 is 0 Å². The molecule has 2 aliphatic heterocycles. The highest BCUT2D eigenvalue weighted by Gasteiger charge is 2.37. The number of piperidine rings is 1. The van der Waals surface area contributed by atoms with Crippen LogP contribution in [-0.4, -0.2) is 48.2 Å². The molecule has 0 radical (unpaired) electrons. The third kappa shape index (κ3) is 2.88. The Morgan fingerprint density at radius 1 is 1.33 bits per heavy atom. The number of rotatable bonds is 4. The van der Waals surface area contributed by atoms with Crippen molar-refractivity contribution in [3.8, 4) is 0 Å². The first kappa shape index (κ1) is 15.0. The Labute approximate surface area is 125 Å². The molecule has 2 unspecified atom stereocenters. The van der Waals surface area contributed by atoms with E-state index in [0.29, 0.717) is 11.7 Å². The average molecular weight is 313 g/mol. The minimum Gasteiger partial charge on any atom is -0.390 e. The van der Waals surface area contributed by atoms with Crippen LogP contribution in [0.1, 0.15) is 31.4 Å². The fourth-order valence-corrected chi connectivity index (χ4v) is 4.93. The quantitative estimate of drug-likeness (QED) is 0.845. The molecule has 7 heteroatoms. The molecule has 2 N–H and O–H groups in total. The highest BCUT2D eigenvalue weighted by molar-refractivity contribution is 7.89. The molecule has 2 atom stereocenters. The molecule has 21 heavy (non-hydrogen) atoms. The summed E-state index contributed by atoms with van der Waals surface area (Å²) in [7, 11) is -1.78. The Morgan fingerprint density at radius 2 is 2.14 bits per heavy atom. The van der Waals surface area contributed by atoms with Crippen LogP contribution in [0.25, 0.3) is 0 Å². The zero-order chi connectivity index (χ0) is 15.0. The van der Waals surface area contributed by atoms with Gasteiger partial charge in [-0.15, -0.1) is 0 Å². The molecule has 1 aromatic heterocycles. The van der Waals surface area contributed by atoms with Gasteiger partial charge in [0.1, 0.15) is 0 Å². The number of aryl methyl sites for hydroxylation is 1. The molecular weight excluding hydrogens is 290 g/mol. The number of nitrogens with zero attached hydrogens (tertiary/aromatic N) is 2. The van der Waals surface area contributed by atoms with E-state index < -0.39 is 10.0 Å². The highest BCUT2D eigenvalue weighted by atomic mass is 32.2. The van der Waals surface area contributed by atoms with Gasteiger partial charge in [0.2, 0.25) is 10.0 Å². The van der Waals surface area contributed by atoms with Gasteiger partial charge in [-0.25, -0.2) is 13.1 Å². The predicted molar refractivity (Wildman–Crippen MR) is 79.3 cm³/mol. The fraction of sp³-hybridized carbons (Fsp3) is 0.714. The molecule has 0 amide bonds. The monoisotopic (exact) mass is 313 g/mol. The minimum absolute atomic E-state index is 0.00748. The van der Waals surface area contributed by atoms with E-state index in [4.69, 9.17) is 0 Å². The Morgan fingerprint density at radius 3 is 2.86 bits per heavy atom. The summed E-state index contributed by atoms with van der Waals surface area (Å²) in [6.07, 6.45) is 5.91. The molecule has 118 valence electrons. The molecular formula is C14H23N3O3S. The normalized spacial score (nSPS) is 27.0. The summed E-state index contributed by atoms with van der Waals surface area (Å²) in [6.45, 7) is 1.91. The maximum absolute atomic E-state index is 12.5. The number of aromatic nitrogens is 1. The summed E-state index contributed by atoms with van der Waals surface area (Å²) < 4.78 is 29.6. The van der Waals surface area contributed by atoms with Crippen LogP contribution in [0.15, 0.2) is 17.2 Å². The van der Waals surface area contributed by atoms with Crippen LogP contribution in [0, 0.1) is 0 Å². The third-order valence-electron chi connectivity index (χ3n) is 4.72. The second-order valence-electron chi connectivity index (χ2n) is 6.05. The van der Waals surface area contributed by atoms with Gasteiger partial charge in [-0.1, -0.05) is 6.42 Å². The van der Waals surface area contributed by atoms with Gasteiger partial charge in [0.15, 0.2) is 0 Å². The van der Waals surface area contributed by atoms with E-state index in [9.17, 15) is 13.5 Å².